The first-order valence-electron chi connectivity index (χ1n) is 6.31. The van der Waals surface area contributed by atoms with Crippen LogP contribution in [0.4, 0.5) is 10.1 Å². The summed E-state index contributed by atoms with van der Waals surface area (Å²) in [6.45, 7) is 6.45. The van der Waals surface area contributed by atoms with Crippen LogP contribution < -0.4 is 5.73 Å². The Morgan fingerprint density at radius 2 is 2.00 bits per heavy atom. The number of hydrogen-bond donors (Lipinski definition) is 1. The number of halogens is 1. The van der Waals surface area contributed by atoms with Crippen molar-refractivity contribution in [3.8, 4) is 0 Å². The van der Waals surface area contributed by atoms with E-state index in [1.165, 1.54) is 5.56 Å². The maximum atomic E-state index is 13.0. The molecule has 96 valence electrons. The molecule has 0 fully saturated rings. The monoisotopic (exact) mass is 245 g/mol. The van der Waals surface area contributed by atoms with Crippen LogP contribution in [0, 0.1) is 0 Å². The third-order valence-corrected chi connectivity index (χ3v) is 3.37. The van der Waals surface area contributed by atoms with E-state index < -0.39 is 0 Å². The van der Waals surface area contributed by atoms with Gasteiger partial charge in [0.05, 0.1) is 0 Å². The first-order chi connectivity index (χ1) is 8.38. The molecule has 18 heavy (non-hydrogen) atoms. The number of hydrogen-bond acceptors (Lipinski definition) is 1. The van der Waals surface area contributed by atoms with Gasteiger partial charge >= 0.3 is 0 Å². The second-order valence-corrected chi connectivity index (χ2v) is 5.89. The largest absolute Gasteiger partial charge is 0.398 e. The highest BCUT2D eigenvalue weighted by Gasteiger charge is 2.19. The van der Waals surface area contributed by atoms with E-state index in [2.05, 4.69) is 26.8 Å². The standard InChI is InChI=1S/C16H20FN/c1-16(2,3)14-10-12(6-9-15(14)18)11-4-7-13(17)8-5-11/h4,6-11H,5,18H2,1-3H3. The van der Waals surface area contributed by atoms with Crippen LogP contribution in [-0.2, 0) is 5.41 Å². The second kappa shape index (κ2) is 4.60. The molecule has 0 saturated heterocycles. The topological polar surface area (TPSA) is 26.0 Å². The van der Waals surface area contributed by atoms with Gasteiger partial charge in [0.1, 0.15) is 5.83 Å². The summed E-state index contributed by atoms with van der Waals surface area (Å²) in [5.74, 6) is 0.115. The van der Waals surface area contributed by atoms with Gasteiger partial charge < -0.3 is 5.73 Å². The molecule has 1 atom stereocenters. The number of nitrogens with two attached hydrogens (primary N) is 1. The Morgan fingerprint density at radius 3 is 2.56 bits per heavy atom. The highest BCUT2D eigenvalue weighted by atomic mass is 19.1. The molecule has 1 aromatic rings. The molecule has 1 nitrogen and oxygen atoms in total. The van der Waals surface area contributed by atoms with Crippen molar-refractivity contribution in [3.63, 3.8) is 0 Å². The summed E-state index contributed by atoms with van der Waals surface area (Å²) in [5.41, 5.74) is 9.25. The minimum atomic E-state index is -0.141. The number of nitrogen functional groups attached to an aromatic ring is 1. The molecular weight excluding hydrogens is 225 g/mol. The highest BCUT2D eigenvalue weighted by molar-refractivity contribution is 5.53. The fraction of sp³-hybridized carbons (Fsp3) is 0.375. The molecule has 0 heterocycles. The van der Waals surface area contributed by atoms with Gasteiger partial charge in [0.2, 0.25) is 0 Å². The van der Waals surface area contributed by atoms with Crippen LogP contribution in [0.25, 0.3) is 0 Å². The molecule has 1 aromatic carbocycles. The lowest BCUT2D eigenvalue weighted by atomic mass is 9.82. The molecule has 0 aliphatic heterocycles. The van der Waals surface area contributed by atoms with E-state index >= 15 is 0 Å². The number of rotatable bonds is 1. The fourth-order valence-corrected chi connectivity index (χ4v) is 2.30. The fourth-order valence-electron chi connectivity index (χ4n) is 2.30. The van der Waals surface area contributed by atoms with Gasteiger partial charge in [-0.05, 0) is 41.2 Å². The molecule has 2 N–H and O–H groups in total. The van der Waals surface area contributed by atoms with Crippen molar-refractivity contribution in [3.05, 3.63) is 53.4 Å². The molecular formula is C16H20FN. The van der Waals surface area contributed by atoms with Gasteiger partial charge in [0.15, 0.2) is 0 Å². The minimum absolute atomic E-state index is 0.0273. The Bertz CT molecular complexity index is 506. The molecule has 0 radical (unpaired) electrons. The molecule has 0 saturated carbocycles. The van der Waals surface area contributed by atoms with E-state index in [0.717, 1.165) is 17.7 Å². The smallest absolute Gasteiger partial charge is 0.118 e. The van der Waals surface area contributed by atoms with E-state index in [1.807, 2.05) is 18.2 Å². The highest BCUT2D eigenvalue weighted by Crippen LogP contribution is 2.33. The van der Waals surface area contributed by atoms with Crippen molar-refractivity contribution < 1.29 is 4.39 Å². The summed E-state index contributed by atoms with van der Waals surface area (Å²) in [4.78, 5) is 0. The average molecular weight is 245 g/mol. The second-order valence-electron chi connectivity index (χ2n) is 5.89. The summed E-state index contributed by atoms with van der Waals surface area (Å²) < 4.78 is 13.0. The molecule has 1 aliphatic rings. The van der Waals surface area contributed by atoms with Crippen LogP contribution in [0.15, 0.2) is 42.3 Å². The summed E-state index contributed by atoms with van der Waals surface area (Å²) in [5, 5.41) is 0. The average Bonchev–Trinajstić information content (AvgIpc) is 2.29. The van der Waals surface area contributed by atoms with E-state index in [1.54, 1.807) is 12.2 Å². The van der Waals surface area contributed by atoms with Crippen molar-refractivity contribution in [2.75, 3.05) is 5.73 Å². The quantitative estimate of drug-likeness (QED) is 0.726. The maximum Gasteiger partial charge on any atom is 0.118 e. The molecule has 1 unspecified atom stereocenters. The summed E-state index contributed by atoms with van der Waals surface area (Å²) in [6, 6.07) is 6.15. The Labute approximate surface area is 108 Å². The van der Waals surface area contributed by atoms with Crippen LogP contribution in [0.1, 0.15) is 44.2 Å². The minimum Gasteiger partial charge on any atom is -0.398 e. The molecule has 0 spiro atoms. The Hall–Kier alpha value is -1.57. The third-order valence-electron chi connectivity index (χ3n) is 3.37. The van der Waals surface area contributed by atoms with Crippen molar-refractivity contribution in [2.45, 2.75) is 38.5 Å². The van der Waals surface area contributed by atoms with Crippen molar-refractivity contribution in [2.24, 2.45) is 0 Å². The Balaban J connectivity index is 2.34. The van der Waals surface area contributed by atoms with E-state index in [-0.39, 0.29) is 17.2 Å². The molecule has 1 aliphatic carbocycles. The van der Waals surface area contributed by atoms with Gasteiger partial charge in [-0.15, -0.1) is 0 Å². The zero-order chi connectivity index (χ0) is 13.3. The number of anilines is 1. The Kier molecular flexibility index (Phi) is 3.29. The predicted molar refractivity (Wildman–Crippen MR) is 75.2 cm³/mol. The molecule has 0 amide bonds. The molecule has 2 heteroatoms. The number of benzene rings is 1. The van der Waals surface area contributed by atoms with Crippen molar-refractivity contribution in [1.29, 1.82) is 0 Å². The zero-order valence-electron chi connectivity index (χ0n) is 11.2. The lowest BCUT2D eigenvalue weighted by molar-refractivity contribution is 0.590. The van der Waals surface area contributed by atoms with Gasteiger partial charge in [0, 0.05) is 11.6 Å². The SMILES string of the molecule is CC(C)(C)c1cc(C2C=CC(F)=CC2)ccc1N. The third kappa shape index (κ3) is 2.63. The van der Waals surface area contributed by atoms with Crippen molar-refractivity contribution in [1.82, 2.24) is 0 Å². The lowest BCUT2D eigenvalue weighted by Crippen LogP contribution is -2.15. The predicted octanol–water partition coefficient (Wildman–Crippen LogP) is 4.46. The lowest BCUT2D eigenvalue weighted by Gasteiger charge is -2.24. The summed E-state index contributed by atoms with van der Waals surface area (Å²) >= 11 is 0. The first-order valence-corrected chi connectivity index (χ1v) is 6.31. The first kappa shape index (κ1) is 12.9. The van der Waals surface area contributed by atoms with Crippen molar-refractivity contribution >= 4 is 5.69 Å². The Morgan fingerprint density at radius 1 is 1.28 bits per heavy atom. The molecule has 0 aromatic heterocycles. The summed E-state index contributed by atoms with van der Waals surface area (Å²) in [7, 11) is 0. The van der Waals surface area contributed by atoms with Gasteiger partial charge in [-0.3, -0.25) is 0 Å². The van der Waals surface area contributed by atoms with Crippen LogP contribution in [-0.4, -0.2) is 0 Å². The van der Waals surface area contributed by atoms with E-state index in [9.17, 15) is 4.39 Å². The summed E-state index contributed by atoms with van der Waals surface area (Å²) in [6.07, 6.45) is 5.82. The van der Waals surface area contributed by atoms with Gasteiger partial charge in [-0.1, -0.05) is 39.0 Å². The van der Waals surface area contributed by atoms with Crippen LogP contribution >= 0.6 is 0 Å². The van der Waals surface area contributed by atoms with E-state index in [4.69, 9.17) is 5.73 Å². The molecule has 0 bridgehead atoms. The maximum absolute atomic E-state index is 13.0. The number of allylic oxidation sites excluding steroid dienone is 4. The zero-order valence-corrected chi connectivity index (χ0v) is 11.2. The van der Waals surface area contributed by atoms with Crippen LogP contribution in [0.3, 0.4) is 0 Å². The van der Waals surface area contributed by atoms with Crippen LogP contribution in [0.5, 0.6) is 0 Å². The normalized spacial score (nSPS) is 19.8. The van der Waals surface area contributed by atoms with E-state index in [0.29, 0.717) is 0 Å². The molecule has 2 rings (SSSR count). The van der Waals surface area contributed by atoms with Gasteiger partial charge in [-0.25, -0.2) is 4.39 Å². The van der Waals surface area contributed by atoms with Crippen LogP contribution in [0.2, 0.25) is 0 Å². The van der Waals surface area contributed by atoms with Gasteiger partial charge in [0.25, 0.3) is 0 Å². The van der Waals surface area contributed by atoms with Gasteiger partial charge in [-0.2, -0.15) is 0 Å².